The molecule has 3 aliphatic rings. The van der Waals surface area contributed by atoms with Crippen molar-refractivity contribution in [2.45, 2.75) is 82.7 Å². The number of benzene rings is 3. The third kappa shape index (κ3) is 8.59. The summed E-state index contributed by atoms with van der Waals surface area (Å²) in [6.07, 6.45) is 9.60. The highest BCUT2D eigenvalue weighted by Gasteiger charge is 2.32. The van der Waals surface area contributed by atoms with Crippen molar-refractivity contribution in [3.05, 3.63) is 87.7 Å². The number of hydrogen-bond acceptors (Lipinski definition) is 8. The van der Waals surface area contributed by atoms with Crippen LogP contribution in [0.1, 0.15) is 92.2 Å². The monoisotopic (exact) mass is 842 g/mol. The summed E-state index contributed by atoms with van der Waals surface area (Å²) in [6, 6.07) is 12.0. The van der Waals surface area contributed by atoms with Crippen LogP contribution in [0.15, 0.2) is 53.5 Å². The fourth-order valence-electron chi connectivity index (χ4n) is 9.05. The number of hydrogen-bond donors (Lipinski definition) is 3. The smallest absolute Gasteiger partial charge is 0.329 e. The maximum atomic E-state index is 14.1. The van der Waals surface area contributed by atoms with E-state index in [1.54, 1.807) is 11.6 Å². The van der Waals surface area contributed by atoms with Gasteiger partial charge in [-0.15, -0.1) is 0 Å². The predicted molar refractivity (Wildman–Crippen MR) is 221 cm³/mol. The maximum Gasteiger partial charge on any atom is 0.329 e. The Balaban J connectivity index is 0.760. The largest absolute Gasteiger partial charge is 0.503 e. The average molecular weight is 843 g/mol. The van der Waals surface area contributed by atoms with E-state index in [4.69, 9.17) is 5.10 Å². The lowest BCUT2D eigenvalue weighted by atomic mass is 9.86. The minimum atomic E-state index is -1.79. The first-order valence-corrected chi connectivity index (χ1v) is 21.1. The van der Waals surface area contributed by atoms with Gasteiger partial charge in [-0.25, -0.2) is 13.6 Å². The molecule has 2 saturated heterocycles. The zero-order valence-corrected chi connectivity index (χ0v) is 34.0. The Kier molecular flexibility index (Phi) is 11.9. The molecule has 5 aromatic rings. The Morgan fingerprint density at radius 1 is 0.885 bits per heavy atom. The summed E-state index contributed by atoms with van der Waals surface area (Å²) in [5, 5.41) is 20.1. The average Bonchev–Trinajstić information content (AvgIpc) is 3.80. The third-order valence-corrected chi connectivity index (χ3v) is 12.7. The van der Waals surface area contributed by atoms with E-state index in [-0.39, 0.29) is 42.4 Å². The summed E-state index contributed by atoms with van der Waals surface area (Å²) in [5.74, 6) is -7.67. The Labute approximate surface area is 349 Å². The van der Waals surface area contributed by atoms with Gasteiger partial charge in [0.05, 0.1) is 28.2 Å². The van der Waals surface area contributed by atoms with Crippen molar-refractivity contribution >= 4 is 51.3 Å². The SMILES string of the molecule is Cn1c(=O)n(C2CCC(=O)NC2=O)c2ccc(CCCCCC(=O)N3CCN(c4ccc5cn([C@H]6CC[C@H](CNC(=O)c7cc(F)c(O)c(F)c7F)CC6)nc5c4)CC3)cc21. The summed E-state index contributed by atoms with van der Waals surface area (Å²) < 4.78 is 46.6. The van der Waals surface area contributed by atoms with Crippen LogP contribution in [-0.4, -0.2) is 85.3 Å². The molecule has 0 spiro atoms. The van der Waals surface area contributed by atoms with Crippen LogP contribution in [0, 0.1) is 23.4 Å². The molecular formula is C44H49F3N8O6. The van der Waals surface area contributed by atoms with Crippen molar-refractivity contribution in [3.8, 4) is 5.75 Å². The summed E-state index contributed by atoms with van der Waals surface area (Å²) in [6.45, 7) is 2.96. The fraction of sp³-hybridized carbons (Fsp3) is 0.455. The number of carbonyl (C=O) groups excluding carboxylic acids is 4. The number of carbonyl (C=O) groups is 4. The van der Waals surface area contributed by atoms with Crippen LogP contribution in [0.5, 0.6) is 5.75 Å². The summed E-state index contributed by atoms with van der Waals surface area (Å²) >= 11 is 0. The van der Waals surface area contributed by atoms with Crippen LogP contribution in [0.2, 0.25) is 0 Å². The molecule has 1 aliphatic carbocycles. The van der Waals surface area contributed by atoms with Crippen LogP contribution in [0.25, 0.3) is 21.9 Å². The lowest BCUT2D eigenvalue weighted by Crippen LogP contribution is -2.48. The van der Waals surface area contributed by atoms with E-state index in [1.807, 2.05) is 34.0 Å². The van der Waals surface area contributed by atoms with Gasteiger partial charge in [0.15, 0.2) is 17.4 Å². The molecule has 0 radical (unpaired) electrons. The molecule has 0 bridgehead atoms. The molecule has 2 aromatic heterocycles. The van der Waals surface area contributed by atoms with Crippen LogP contribution >= 0.6 is 0 Å². The van der Waals surface area contributed by atoms with Gasteiger partial charge in [0.1, 0.15) is 6.04 Å². The van der Waals surface area contributed by atoms with Gasteiger partial charge in [0, 0.05) is 69.9 Å². The second kappa shape index (κ2) is 17.5. The molecule has 1 atom stereocenters. The number of halogens is 3. The van der Waals surface area contributed by atoms with E-state index >= 15 is 0 Å². The van der Waals surface area contributed by atoms with Gasteiger partial charge in [-0.1, -0.05) is 12.5 Å². The highest BCUT2D eigenvalue weighted by molar-refractivity contribution is 6.00. The number of phenols is 1. The van der Waals surface area contributed by atoms with Crippen LogP contribution in [0.4, 0.5) is 18.9 Å². The number of aromatic hydroxyl groups is 1. The highest BCUT2D eigenvalue weighted by atomic mass is 19.2. The maximum absolute atomic E-state index is 14.1. The molecule has 4 amide bonds. The van der Waals surface area contributed by atoms with Crippen molar-refractivity contribution in [1.82, 2.24) is 34.4 Å². The number of aromatic nitrogens is 4. The predicted octanol–water partition coefficient (Wildman–Crippen LogP) is 5.40. The third-order valence-electron chi connectivity index (χ3n) is 12.7. The number of nitrogens with zero attached hydrogens (tertiary/aromatic N) is 6. The van der Waals surface area contributed by atoms with Gasteiger partial charge in [-0.3, -0.25) is 38.3 Å². The molecule has 4 heterocycles. The molecule has 3 aromatic carbocycles. The minimum Gasteiger partial charge on any atom is -0.503 e. The van der Waals surface area contributed by atoms with Gasteiger partial charge in [-0.2, -0.15) is 9.49 Å². The quantitative estimate of drug-likeness (QED) is 0.0854. The van der Waals surface area contributed by atoms with E-state index in [0.29, 0.717) is 37.5 Å². The summed E-state index contributed by atoms with van der Waals surface area (Å²) in [4.78, 5) is 67.0. The number of anilines is 1. The number of nitrogens with one attached hydrogen (secondary N) is 2. The standard InChI is InChI=1S/C44H49F3N8O6/c1-51-36-21-26(9-14-34(36)55(44(51)61)35-15-16-37(56)49-43(35)60)5-3-2-4-6-38(57)53-19-17-52(18-20-53)30-13-10-28-25-54(50-33(28)22-30)29-11-7-27(8-12-29)24-48-42(59)31-23-32(45)41(58)40(47)39(31)46/h9-10,13-14,21-23,25,27,29,35,58H,2-8,11-12,15-20,24H2,1H3,(H,48,59)(H,49,56,60)/t27-,29-,35?. The van der Waals surface area contributed by atoms with Gasteiger partial charge >= 0.3 is 5.69 Å². The van der Waals surface area contributed by atoms with Crippen LogP contribution in [-0.2, 0) is 27.9 Å². The zero-order valence-electron chi connectivity index (χ0n) is 34.0. The normalized spacial score (nSPS) is 19.8. The number of imide groups is 1. The molecule has 1 unspecified atom stereocenters. The van der Waals surface area contributed by atoms with Gasteiger partial charge < -0.3 is 20.2 Å². The molecule has 3 fully saturated rings. The number of fused-ring (bicyclic) bond motifs is 2. The number of piperidine rings is 1. The summed E-state index contributed by atoms with van der Waals surface area (Å²) in [5.41, 5.74) is 3.35. The van der Waals surface area contributed by atoms with Crippen LogP contribution in [0.3, 0.4) is 0 Å². The van der Waals surface area contributed by atoms with Crippen molar-refractivity contribution in [2.24, 2.45) is 13.0 Å². The van der Waals surface area contributed by atoms with E-state index < -0.39 is 46.6 Å². The number of aryl methyl sites for hydroxylation is 2. The second-order valence-corrected chi connectivity index (χ2v) is 16.5. The number of unbranched alkanes of at least 4 members (excludes halogenated alkanes) is 2. The van der Waals surface area contributed by atoms with E-state index in [9.17, 15) is 42.3 Å². The first-order chi connectivity index (χ1) is 29.4. The topological polar surface area (TPSA) is 164 Å². The van der Waals surface area contributed by atoms with Gasteiger partial charge in [-0.05, 0) is 99.2 Å². The Hall–Kier alpha value is -6.13. The number of phenolic OH excluding ortho intramolecular Hbond substituents is 1. The molecule has 3 N–H and O–H groups in total. The fourth-order valence-corrected chi connectivity index (χ4v) is 9.05. The number of amides is 4. The molecule has 2 aliphatic heterocycles. The number of piperazine rings is 1. The van der Waals surface area contributed by atoms with Crippen LogP contribution < -0.4 is 21.2 Å². The summed E-state index contributed by atoms with van der Waals surface area (Å²) in [7, 11) is 1.69. The molecule has 17 heteroatoms. The molecule has 14 nitrogen and oxygen atoms in total. The number of rotatable bonds is 12. The molecule has 8 rings (SSSR count). The molecule has 61 heavy (non-hydrogen) atoms. The van der Waals surface area contributed by atoms with Crippen molar-refractivity contribution in [3.63, 3.8) is 0 Å². The number of imidazole rings is 1. The molecular weight excluding hydrogens is 794 g/mol. The molecule has 1 saturated carbocycles. The Bertz CT molecular complexity index is 2570. The van der Waals surface area contributed by atoms with Gasteiger partial charge in [0.25, 0.3) is 5.91 Å². The lowest BCUT2D eigenvalue weighted by molar-refractivity contribution is -0.136. The second-order valence-electron chi connectivity index (χ2n) is 16.5. The lowest BCUT2D eigenvalue weighted by Gasteiger charge is -2.36. The minimum absolute atomic E-state index is 0.111. The van der Waals surface area contributed by atoms with E-state index in [1.165, 1.54) is 4.57 Å². The van der Waals surface area contributed by atoms with Crippen molar-refractivity contribution < 1.29 is 37.5 Å². The van der Waals surface area contributed by atoms with E-state index in [2.05, 4.69) is 33.7 Å². The first kappa shape index (κ1) is 41.6. The van der Waals surface area contributed by atoms with Gasteiger partial charge in [0.2, 0.25) is 23.5 Å². The first-order valence-electron chi connectivity index (χ1n) is 21.1. The zero-order chi connectivity index (χ0) is 42.9. The Morgan fingerprint density at radius 3 is 2.41 bits per heavy atom. The van der Waals surface area contributed by atoms with E-state index in [0.717, 1.165) is 92.1 Å². The highest BCUT2D eigenvalue weighted by Crippen LogP contribution is 2.34. The van der Waals surface area contributed by atoms with Crippen molar-refractivity contribution in [2.75, 3.05) is 37.6 Å². The van der Waals surface area contributed by atoms with Crippen molar-refractivity contribution in [1.29, 1.82) is 0 Å². The molecule has 322 valence electrons. The Morgan fingerprint density at radius 2 is 1.66 bits per heavy atom.